The van der Waals surface area contributed by atoms with Crippen LogP contribution in [-0.4, -0.2) is 63.5 Å². The lowest BCUT2D eigenvalue weighted by Gasteiger charge is -2.47. The van der Waals surface area contributed by atoms with E-state index in [0.29, 0.717) is 19.0 Å². The van der Waals surface area contributed by atoms with Crippen LogP contribution in [0.3, 0.4) is 0 Å². The standard InChI is InChI=1S/C14H21N3O4/c1-13(2)11(19)17(12(20)15-13)6-5-10(18)16-7-14(21,8-16)9-3-4-9/h9,21H,3-8H2,1-2H3,(H,15,20). The molecule has 3 aliphatic rings. The lowest BCUT2D eigenvalue weighted by molar-refractivity contribution is -0.159. The van der Waals surface area contributed by atoms with Crippen molar-refractivity contribution in [1.82, 2.24) is 15.1 Å². The minimum Gasteiger partial charge on any atom is -0.386 e. The Morgan fingerprint density at radius 1 is 1.33 bits per heavy atom. The molecule has 3 rings (SSSR count). The zero-order chi connectivity index (χ0) is 15.4. The lowest BCUT2D eigenvalue weighted by Crippen LogP contribution is -2.64. The van der Waals surface area contributed by atoms with Crippen LogP contribution >= 0.6 is 0 Å². The topological polar surface area (TPSA) is 90.0 Å². The molecule has 0 atom stereocenters. The molecule has 2 heterocycles. The maximum Gasteiger partial charge on any atom is 0.325 e. The third kappa shape index (κ3) is 2.39. The van der Waals surface area contributed by atoms with E-state index in [0.717, 1.165) is 17.7 Å². The molecule has 3 fully saturated rings. The molecule has 0 spiro atoms. The normalized spacial score (nSPS) is 26.6. The van der Waals surface area contributed by atoms with Crippen molar-refractivity contribution in [3.63, 3.8) is 0 Å². The molecule has 1 aliphatic carbocycles. The SMILES string of the molecule is CC1(C)NC(=O)N(CCC(=O)N2CC(O)(C3CC3)C2)C1=O. The van der Waals surface area contributed by atoms with E-state index in [1.54, 1.807) is 18.7 Å². The largest absolute Gasteiger partial charge is 0.386 e. The second kappa shape index (κ2) is 4.43. The Labute approximate surface area is 123 Å². The summed E-state index contributed by atoms with van der Waals surface area (Å²) in [6, 6.07) is -0.448. The first-order chi connectivity index (χ1) is 9.73. The van der Waals surface area contributed by atoms with E-state index in [1.807, 2.05) is 0 Å². The lowest BCUT2D eigenvalue weighted by atomic mass is 9.88. The number of hydrogen-bond donors (Lipinski definition) is 2. The van der Waals surface area contributed by atoms with Crippen molar-refractivity contribution in [2.24, 2.45) is 5.92 Å². The number of nitrogens with one attached hydrogen (secondary N) is 1. The summed E-state index contributed by atoms with van der Waals surface area (Å²) in [6.45, 7) is 4.12. The Kier molecular flexibility index (Phi) is 3.02. The van der Waals surface area contributed by atoms with E-state index in [-0.39, 0.29) is 24.8 Å². The Morgan fingerprint density at radius 3 is 2.43 bits per heavy atom. The van der Waals surface area contributed by atoms with Crippen LogP contribution < -0.4 is 5.32 Å². The summed E-state index contributed by atoms with van der Waals surface area (Å²) in [5.41, 5.74) is -1.60. The van der Waals surface area contributed by atoms with E-state index in [1.165, 1.54) is 0 Å². The summed E-state index contributed by atoms with van der Waals surface area (Å²) in [5.74, 6) is -0.0858. The average Bonchev–Trinajstić information content (AvgIpc) is 3.15. The molecule has 0 bridgehead atoms. The number of carbonyl (C=O) groups excluding carboxylic acids is 3. The summed E-state index contributed by atoms with van der Waals surface area (Å²) < 4.78 is 0. The molecule has 0 aromatic carbocycles. The Bertz CT molecular complexity index is 506. The van der Waals surface area contributed by atoms with Crippen LogP contribution in [0.5, 0.6) is 0 Å². The van der Waals surface area contributed by atoms with Gasteiger partial charge in [-0.05, 0) is 32.6 Å². The predicted molar refractivity (Wildman–Crippen MR) is 73.2 cm³/mol. The highest BCUT2D eigenvalue weighted by atomic mass is 16.3. The van der Waals surface area contributed by atoms with Crippen molar-refractivity contribution in [2.45, 2.75) is 44.2 Å². The Balaban J connectivity index is 1.49. The van der Waals surface area contributed by atoms with Gasteiger partial charge in [-0.15, -0.1) is 0 Å². The van der Waals surface area contributed by atoms with Gasteiger partial charge in [0.15, 0.2) is 0 Å². The van der Waals surface area contributed by atoms with Crippen LogP contribution in [0.1, 0.15) is 33.1 Å². The smallest absolute Gasteiger partial charge is 0.325 e. The average molecular weight is 295 g/mol. The van der Waals surface area contributed by atoms with Gasteiger partial charge in [0, 0.05) is 13.0 Å². The molecule has 4 amide bonds. The van der Waals surface area contributed by atoms with Gasteiger partial charge in [-0.3, -0.25) is 14.5 Å². The van der Waals surface area contributed by atoms with Gasteiger partial charge in [0.1, 0.15) is 11.1 Å². The first-order valence-electron chi connectivity index (χ1n) is 7.37. The highest BCUT2D eigenvalue weighted by Crippen LogP contribution is 2.44. The molecule has 2 aliphatic heterocycles. The number of likely N-dealkylation sites (tertiary alicyclic amines) is 1. The van der Waals surface area contributed by atoms with Gasteiger partial charge in [0.2, 0.25) is 5.91 Å². The summed E-state index contributed by atoms with van der Waals surface area (Å²) in [6.07, 6.45) is 2.18. The molecule has 0 aromatic heterocycles. The number of urea groups is 1. The fourth-order valence-electron chi connectivity index (χ4n) is 3.06. The molecule has 7 nitrogen and oxygen atoms in total. The van der Waals surface area contributed by atoms with Crippen LogP contribution in [0.15, 0.2) is 0 Å². The molecular formula is C14H21N3O4. The zero-order valence-corrected chi connectivity index (χ0v) is 12.4. The monoisotopic (exact) mass is 295 g/mol. The van der Waals surface area contributed by atoms with E-state index < -0.39 is 17.2 Å². The molecule has 21 heavy (non-hydrogen) atoms. The van der Waals surface area contributed by atoms with Crippen LogP contribution in [0.25, 0.3) is 0 Å². The molecule has 0 radical (unpaired) electrons. The highest BCUT2D eigenvalue weighted by molar-refractivity contribution is 6.06. The van der Waals surface area contributed by atoms with Crippen molar-refractivity contribution in [3.05, 3.63) is 0 Å². The van der Waals surface area contributed by atoms with Crippen molar-refractivity contribution in [1.29, 1.82) is 0 Å². The van der Waals surface area contributed by atoms with Crippen LogP contribution in [0.2, 0.25) is 0 Å². The second-order valence-electron chi connectivity index (χ2n) is 6.89. The number of hydrogen-bond acceptors (Lipinski definition) is 4. The molecule has 0 aromatic rings. The maximum atomic E-state index is 12.0. The third-order valence-electron chi connectivity index (χ3n) is 4.61. The second-order valence-corrected chi connectivity index (χ2v) is 6.89. The number of nitrogens with zero attached hydrogens (tertiary/aromatic N) is 2. The zero-order valence-electron chi connectivity index (χ0n) is 12.4. The molecule has 2 N–H and O–H groups in total. The van der Waals surface area contributed by atoms with Crippen molar-refractivity contribution < 1.29 is 19.5 Å². The molecular weight excluding hydrogens is 274 g/mol. The maximum absolute atomic E-state index is 12.0. The number of rotatable bonds is 4. The number of amides is 4. The van der Waals surface area contributed by atoms with Gasteiger partial charge >= 0.3 is 6.03 Å². The summed E-state index contributed by atoms with van der Waals surface area (Å²) in [7, 11) is 0. The quantitative estimate of drug-likeness (QED) is 0.696. The highest BCUT2D eigenvalue weighted by Gasteiger charge is 2.53. The van der Waals surface area contributed by atoms with Gasteiger partial charge in [-0.25, -0.2) is 4.79 Å². The first-order valence-corrected chi connectivity index (χ1v) is 7.37. The fourth-order valence-corrected chi connectivity index (χ4v) is 3.06. The van der Waals surface area contributed by atoms with Crippen LogP contribution in [0.4, 0.5) is 4.79 Å². The number of β-amino-alcohol motifs (C(OH)–C–C–N with tert-alkyl or cyclic N) is 1. The van der Waals surface area contributed by atoms with Crippen molar-refractivity contribution >= 4 is 17.8 Å². The number of imide groups is 1. The molecule has 7 heteroatoms. The van der Waals surface area contributed by atoms with Gasteiger partial charge in [0.05, 0.1) is 13.1 Å². The van der Waals surface area contributed by atoms with Crippen molar-refractivity contribution in [3.8, 4) is 0 Å². The predicted octanol–water partition coefficient (Wildman–Crippen LogP) is -0.310. The molecule has 2 saturated heterocycles. The minimum atomic E-state index is -0.900. The van der Waals surface area contributed by atoms with E-state index in [4.69, 9.17) is 0 Å². The summed E-state index contributed by atoms with van der Waals surface area (Å²) in [4.78, 5) is 38.4. The van der Waals surface area contributed by atoms with Gasteiger partial charge in [0.25, 0.3) is 5.91 Å². The third-order valence-corrected chi connectivity index (χ3v) is 4.61. The van der Waals surface area contributed by atoms with Crippen molar-refractivity contribution in [2.75, 3.05) is 19.6 Å². The van der Waals surface area contributed by atoms with E-state index in [9.17, 15) is 19.5 Å². The fraction of sp³-hybridized carbons (Fsp3) is 0.786. The van der Waals surface area contributed by atoms with Crippen LogP contribution in [0, 0.1) is 5.92 Å². The first kappa shape index (κ1) is 14.3. The molecule has 1 saturated carbocycles. The number of aliphatic hydroxyl groups is 1. The van der Waals surface area contributed by atoms with Crippen LogP contribution in [-0.2, 0) is 9.59 Å². The Morgan fingerprint density at radius 2 is 1.95 bits per heavy atom. The summed E-state index contributed by atoms with van der Waals surface area (Å²) in [5, 5.41) is 12.8. The van der Waals surface area contributed by atoms with Gasteiger partial charge in [-0.2, -0.15) is 0 Å². The summed E-state index contributed by atoms with van der Waals surface area (Å²) >= 11 is 0. The number of carbonyl (C=O) groups is 3. The molecule has 116 valence electrons. The minimum absolute atomic E-state index is 0.0886. The van der Waals surface area contributed by atoms with Gasteiger partial charge in [-0.1, -0.05) is 0 Å². The Hall–Kier alpha value is -1.63. The molecule has 0 unspecified atom stereocenters. The van der Waals surface area contributed by atoms with E-state index in [2.05, 4.69) is 5.32 Å². The van der Waals surface area contributed by atoms with E-state index >= 15 is 0 Å². The van der Waals surface area contributed by atoms with Gasteiger partial charge < -0.3 is 15.3 Å².